The van der Waals surface area contributed by atoms with Crippen molar-refractivity contribution in [2.45, 2.75) is 65.8 Å². The van der Waals surface area contributed by atoms with Crippen LogP contribution in [0.4, 0.5) is 9.59 Å². The summed E-state index contributed by atoms with van der Waals surface area (Å²) in [5.41, 5.74) is 1.98. The minimum Gasteiger partial charge on any atom is -0.493 e. The number of aliphatic imine (C=N–C) groups is 1. The summed E-state index contributed by atoms with van der Waals surface area (Å²) in [6.45, 7) is 10.6. The molecule has 0 aliphatic heterocycles. The molecule has 0 saturated heterocycles. The molecule has 2 amide bonds. The largest absolute Gasteiger partial charge is 0.493 e. The van der Waals surface area contributed by atoms with E-state index in [4.69, 9.17) is 35.4 Å². The number of hydrogen-bond acceptors (Lipinski definition) is 8. The Morgan fingerprint density at radius 3 is 2.23 bits per heavy atom. The number of alkyl carbamates (subject to hydrolysis) is 1. The highest BCUT2D eigenvalue weighted by Gasteiger charge is 2.20. The van der Waals surface area contributed by atoms with Crippen LogP contribution >= 0.6 is 11.6 Å². The lowest BCUT2D eigenvalue weighted by Crippen LogP contribution is -2.44. The van der Waals surface area contributed by atoms with Gasteiger partial charge in [0.15, 0.2) is 0 Å². The van der Waals surface area contributed by atoms with E-state index in [1.54, 1.807) is 47.6 Å². The van der Waals surface area contributed by atoms with Crippen LogP contribution in [0.2, 0.25) is 5.02 Å². The van der Waals surface area contributed by atoms with Gasteiger partial charge in [-0.25, -0.2) is 19.9 Å². The van der Waals surface area contributed by atoms with Crippen molar-refractivity contribution >= 4 is 35.7 Å². The van der Waals surface area contributed by atoms with Crippen LogP contribution in [-0.2, 0) is 25.7 Å². The first-order chi connectivity index (χ1) is 18.7. The second-order valence-corrected chi connectivity index (χ2v) is 10.9. The van der Waals surface area contributed by atoms with Crippen LogP contribution in [0.15, 0.2) is 53.5 Å². The zero-order valence-electron chi connectivity index (χ0n) is 23.5. The van der Waals surface area contributed by atoms with E-state index in [0.29, 0.717) is 17.2 Å². The van der Waals surface area contributed by atoms with Crippen LogP contribution in [0, 0.1) is 0 Å². The minimum atomic E-state index is -0.933. The molecule has 0 aliphatic carbocycles. The zero-order valence-corrected chi connectivity index (χ0v) is 24.3. The van der Waals surface area contributed by atoms with E-state index in [1.165, 1.54) is 12.1 Å². The van der Waals surface area contributed by atoms with Gasteiger partial charge in [-0.2, -0.15) is 0 Å². The number of guanidine groups is 1. The van der Waals surface area contributed by atoms with Gasteiger partial charge in [-0.05, 0) is 65.3 Å². The van der Waals surface area contributed by atoms with Gasteiger partial charge in [-0.1, -0.05) is 41.9 Å². The quantitative estimate of drug-likeness (QED) is 0.0946. The van der Waals surface area contributed by atoms with Crippen molar-refractivity contribution in [2.75, 3.05) is 13.2 Å². The molecule has 0 saturated carbocycles. The number of esters is 1. The molecule has 0 spiro atoms. The number of hydroxylamine groups is 1. The Bertz CT molecular complexity index is 1170. The zero-order chi connectivity index (χ0) is 29.8. The Morgan fingerprint density at radius 2 is 1.57 bits per heavy atom. The van der Waals surface area contributed by atoms with Crippen molar-refractivity contribution in [3.05, 3.63) is 64.7 Å². The molecule has 0 radical (unpaired) electrons. The molecule has 11 nitrogen and oxygen atoms in total. The second-order valence-electron chi connectivity index (χ2n) is 10.5. The summed E-state index contributed by atoms with van der Waals surface area (Å²) in [6.07, 6.45) is -1.38. The summed E-state index contributed by atoms with van der Waals surface area (Å²) in [7, 11) is 0. The van der Waals surface area contributed by atoms with E-state index in [0.717, 1.165) is 5.56 Å². The molecule has 2 N–H and O–H groups in total. The number of hydrogen-bond donors (Lipinski definition) is 2. The number of nitrogens with zero attached hydrogens (tertiary/aromatic N) is 1. The number of nitrogens with one attached hydrogen (secondary N) is 2. The van der Waals surface area contributed by atoms with Gasteiger partial charge in [0, 0.05) is 11.4 Å². The smallest absolute Gasteiger partial charge is 0.437 e. The van der Waals surface area contributed by atoms with Crippen LogP contribution in [0.5, 0.6) is 5.75 Å². The first kappa shape index (κ1) is 32.4. The fraction of sp³-hybridized carbons (Fsp3) is 0.429. The SMILES string of the molecule is CC(C)(C)OC(=O)/N=C(\NOCCCOc1cc(Cl)cc(C(=O)OCc2ccccc2)c1)NC(=O)OC(C)(C)C. The van der Waals surface area contributed by atoms with E-state index >= 15 is 0 Å². The van der Waals surface area contributed by atoms with Gasteiger partial charge in [0.2, 0.25) is 5.96 Å². The third kappa shape index (κ3) is 13.8. The number of halogens is 1. The van der Waals surface area contributed by atoms with Crippen molar-refractivity contribution in [1.29, 1.82) is 0 Å². The van der Waals surface area contributed by atoms with Gasteiger partial charge in [-0.15, -0.1) is 4.99 Å². The molecule has 0 aromatic heterocycles. The van der Waals surface area contributed by atoms with Crippen LogP contribution < -0.4 is 15.5 Å². The summed E-state index contributed by atoms with van der Waals surface area (Å²) in [4.78, 5) is 45.7. The lowest BCUT2D eigenvalue weighted by molar-refractivity contribution is 0.0469. The average Bonchev–Trinajstić information content (AvgIpc) is 2.82. The predicted molar refractivity (Wildman–Crippen MR) is 149 cm³/mol. The molecular weight excluding hydrogens is 542 g/mol. The summed E-state index contributed by atoms with van der Waals surface area (Å²) in [6, 6.07) is 13.9. The Balaban J connectivity index is 1.85. The maximum atomic E-state index is 12.5. The van der Waals surface area contributed by atoms with Crippen molar-refractivity contribution < 1.29 is 38.2 Å². The predicted octanol–water partition coefficient (Wildman–Crippen LogP) is 5.80. The number of amides is 2. The Hall–Kier alpha value is -3.83. The van der Waals surface area contributed by atoms with Gasteiger partial charge in [-0.3, -0.25) is 10.2 Å². The summed E-state index contributed by atoms with van der Waals surface area (Å²) in [5, 5.41) is 2.63. The van der Waals surface area contributed by atoms with E-state index in [-0.39, 0.29) is 31.3 Å². The van der Waals surface area contributed by atoms with Crippen LogP contribution in [-0.4, -0.2) is 48.5 Å². The molecule has 0 unspecified atom stereocenters. The second kappa shape index (κ2) is 15.1. The first-order valence-electron chi connectivity index (χ1n) is 12.5. The molecule has 0 fully saturated rings. The van der Waals surface area contributed by atoms with Crippen molar-refractivity contribution in [3.8, 4) is 5.75 Å². The monoisotopic (exact) mass is 577 g/mol. The van der Waals surface area contributed by atoms with Crippen LogP contribution in [0.1, 0.15) is 63.9 Å². The van der Waals surface area contributed by atoms with Gasteiger partial charge >= 0.3 is 18.2 Å². The maximum absolute atomic E-state index is 12.5. The average molecular weight is 578 g/mol. The van der Waals surface area contributed by atoms with Crippen LogP contribution in [0.25, 0.3) is 0 Å². The van der Waals surface area contributed by atoms with Crippen LogP contribution in [0.3, 0.4) is 0 Å². The molecule has 2 aromatic carbocycles. The molecule has 0 atom stereocenters. The minimum absolute atomic E-state index is 0.107. The fourth-order valence-electron chi connectivity index (χ4n) is 2.86. The normalized spacial score (nSPS) is 11.8. The Kier molecular flexibility index (Phi) is 12.2. The Labute approximate surface area is 239 Å². The molecule has 0 bridgehead atoms. The maximum Gasteiger partial charge on any atom is 0.437 e. The summed E-state index contributed by atoms with van der Waals surface area (Å²) in [5.74, 6) is -0.457. The van der Waals surface area contributed by atoms with Crippen molar-refractivity contribution in [3.63, 3.8) is 0 Å². The summed E-state index contributed by atoms with van der Waals surface area (Å²) >= 11 is 6.15. The fourth-order valence-corrected chi connectivity index (χ4v) is 3.09. The molecule has 12 heteroatoms. The van der Waals surface area contributed by atoms with Gasteiger partial charge in [0.25, 0.3) is 0 Å². The topological polar surface area (TPSA) is 134 Å². The number of ether oxygens (including phenoxy) is 4. The Morgan fingerprint density at radius 1 is 0.900 bits per heavy atom. The van der Waals surface area contributed by atoms with E-state index < -0.39 is 29.4 Å². The van der Waals surface area contributed by atoms with E-state index in [9.17, 15) is 14.4 Å². The highest BCUT2D eigenvalue weighted by Crippen LogP contribution is 2.22. The van der Waals surface area contributed by atoms with Gasteiger partial charge in [0.1, 0.15) is 23.6 Å². The summed E-state index contributed by atoms with van der Waals surface area (Å²) < 4.78 is 21.4. The third-order valence-corrected chi connectivity index (χ3v) is 4.58. The van der Waals surface area contributed by atoms with E-state index in [2.05, 4.69) is 15.8 Å². The van der Waals surface area contributed by atoms with Gasteiger partial charge in [0.05, 0.1) is 18.8 Å². The standard InChI is InChI=1S/C28H36ClN3O8/c1-27(2,3)39-25(34)30-24(31-26(35)40-28(4,5)6)32-38-14-10-13-36-22-16-20(15-21(29)17-22)23(33)37-18-19-11-8-7-9-12-19/h7-9,11-12,15-17H,10,13-14,18H2,1-6H3,(H2,30,31,32,34,35). The number of benzene rings is 2. The third-order valence-electron chi connectivity index (χ3n) is 4.36. The number of carbonyl (C=O) groups excluding carboxylic acids is 3. The van der Waals surface area contributed by atoms with Gasteiger partial charge < -0.3 is 18.9 Å². The number of rotatable bonds is 9. The molecule has 2 rings (SSSR count). The van der Waals surface area contributed by atoms with Crippen molar-refractivity contribution in [1.82, 2.24) is 10.8 Å². The lowest BCUT2D eigenvalue weighted by atomic mass is 10.2. The molecule has 0 aliphatic rings. The molecule has 0 heterocycles. The lowest BCUT2D eigenvalue weighted by Gasteiger charge is -2.21. The molecule has 2 aromatic rings. The number of carbonyl (C=O) groups is 3. The molecule has 40 heavy (non-hydrogen) atoms. The molecular formula is C28H36ClN3O8. The molecule has 218 valence electrons. The first-order valence-corrected chi connectivity index (χ1v) is 12.9. The van der Waals surface area contributed by atoms with Crippen molar-refractivity contribution in [2.24, 2.45) is 4.99 Å². The highest BCUT2D eigenvalue weighted by molar-refractivity contribution is 6.31. The van der Waals surface area contributed by atoms with E-state index in [1.807, 2.05) is 30.3 Å². The highest BCUT2D eigenvalue weighted by atomic mass is 35.5.